The Balaban J connectivity index is 2.18. The maximum absolute atomic E-state index is 12.3. The molecule has 0 fully saturated rings. The summed E-state index contributed by atoms with van der Waals surface area (Å²) in [6, 6.07) is 4.70. The average Bonchev–Trinajstić information content (AvgIpc) is 2.86. The first-order valence-electron chi connectivity index (χ1n) is 12.3. The van der Waals surface area contributed by atoms with Crippen LogP contribution in [0.15, 0.2) is 18.2 Å². The highest BCUT2D eigenvalue weighted by Crippen LogP contribution is 2.39. The molecule has 0 atom stereocenters. The molecule has 0 bridgehead atoms. The molecule has 0 saturated carbocycles. The average molecular weight is 535 g/mol. The van der Waals surface area contributed by atoms with Crippen molar-refractivity contribution in [3.05, 3.63) is 45.5 Å². The van der Waals surface area contributed by atoms with Crippen LogP contribution in [0.25, 0.3) is 0 Å². The van der Waals surface area contributed by atoms with Gasteiger partial charge < -0.3 is 24.1 Å². The number of carbonyl (C=O) groups is 3. The molecule has 0 aliphatic carbocycles. The number of Topliss-reactive ketones (excluding diaryl/α,β-unsaturated/α-hetero) is 2. The molecule has 2 aromatic carbocycles. The van der Waals surface area contributed by atoms with Crippen molar-refractivity contribution >= 4 is 29.1 Å². The molecule has 37 heavy (non-hydrogen) atoms. The predicted molar refractivity (Wildman–Crippen MR) is 141 cm³/mol. The molecule has 202 valence electrons. The van der Waals surface area contributed by atoms with Gasteiger partial charge in [0, 0.05) is 17.5 Å². The summed E-state index contributed by atoms with van der Waals surface area (Å²) in [6.07, 6.45) is 3.04. The second-order valence-electron chi connectivity index (χ2n) is 8.51. The van der Waals surface area contributed by atoms with Crippen LogP contribution < -0.4 is 14.2 Å². The van der Waals surface area contributed by atoms with Gasteiger partial charge in [-0.05, 0) is 44.9 Å². The SMILES string of the molecule is CCCc1c(O)c(C(C)=O)cc(Cl)c1OCCCOc1c(C(C)=O)ccc(OCC(=O)OC)c1CCC. The Labute approximate surface area is 222 Å². The van der Waals surface area contributed by atoms with Gasteiger partial charge in [-0.2, -0.15) is 0 Å². The molecular weight excluding hydrogens is 500 g/mol. The van der Waals surface area contributed by atoms with Crippen LogP contribution in [0.5, 0.6) is 23.0 Å². The number of carbonyl (C=O) groups excluding carboxylic acids is 3. The zero-order chi connectivity index (χ0) is 27.5. The molecule has 0 radical (unpaired) electrons. The van der Waals surface area contributed by atoms with Gasteiger partial charge in [0.1, 0.15) is 23.0 Å². The van der Waals surface area contributed by atoms with Crippen LogP contribution in [0.1, 0.15) is 78.8 Å². The van der Waals surface area contributed by atoms with Crippen LogP contribution in [-0.4, -0.2) is 49.6 Å². The van der Waals surface area contributed by atoms with E-state index in [9.17, 15) is 19.5 Å². The fraction of sp³-hybridized carbons (Fsp3) is 0.464. The van der Waals surface area contributed by atoms with Crippen molar-refractivity contribution in [1.82, 2.24) is 0 Å². The van der Waals surface area contributed by atoms with Gasteiger partial charge in [0.15, 0.2) is 18.2 Å². The second-order valence-corrected chi connectivity index (χ2v) is 8.92. The summed E-state index contributed by atoms with van der Waals surface area (Å²) < 4.78 is 22.2. The molecule has 0 unspecified atom stereocenters. The largest absolute Gasteiger partial charge is 0.507 e. The molecule has 1 N–H and O–H groups in total. The lowest BCUT2D eigenvalue weighted by molar-refractivity contribution is -0.142. The Bertz CT molecular complexity index is 1130. The first-order chi connectivity index (χ1) is 17.7. The van der Waals surface area contributed by atoms with E-state index in [-0.39, 0.29) is 47.7 Å². The molecule has 0 saturated heterocycles. The highest BCUT2D eigenvalue weighted by Gasteiger charge is 2.21. The smallest absolute Gasteiger partial charge is 0.343 e. The van der Waals surface area contributed by atoms with Crippen LogP contribution in [0.4, 0.5) is 0 Å². The van der Waals surface area contributed by atoms with E-state index in [0.717, 1.165) is 12.8 Å². The Morgan fingerprint density at radius 3 is 2.03 bits per heavy atom. The van der Waals surface area contributed by atoms with Gasteiger partial charge in [-0.1, -0.05) is 38.3 Å². The number of hydrogen-bond donors (Lipinski definition) is 1. The third kappa shape index (κ3) is 7.86. The molecule has 0 aromatic heterocycles. The number of halogens is 1. The lowest BCUT2D eigenvalue weighted by Gasteiger charge is -2.19. The van der Waals surface area contributed by atoms with E-state index in [1.165, 1.54) is 27.0 Å². The zero-order valence-electron chi connectivity index (χ0n) is 22.1. The molecular formula is C28H35ClO8. The number of esters is 1. The zero-order valence-corrected chi connectivity index (χ0v) is 22.8. The Hall–Kier alpha value is -3.26. The molecule has 0 spiro atoms. The lowest BCUT2D eigenvalue weighted by atomic mass is 10.0. The second kappa shape index (κ2) is 14.5. The van der Waals surface area contributed by atoms with E-state index in [2.05, 4.69) is 4.74 Å². The van der Waals surface area contributed by atoms with Gasteiger partial charge >= 0.3 is 5.97 Å². The molecule has 0 heterocycles. The van der Waals surface area contributed by atoms with E-state index >= 15 is 0 Å². The van der Waals surface area contributed by atoms with Crippen LogP contribution in [0.2, 0.25) is 5.02 Å². The first-order valence-corrected chi connectivity index (χ1v) is 12.7. The third-order valence-corrected chi connectivity index (χ3v) is 5.91. The minimum Gasteiger partial charge on any atom is -0.507 e. The quantitative estimate of drug-likeness (QED) is 0.175. The van der Waals surface area contributed by atoms with Crippen molar-refractivity contribution in [2.24, 2.45) is 0 Å². The Morgan fingerprint density at radius 2 is 1.46 bits per heavy atom. The molecule has 9 heteroatoms. The van der Waals surface area contributed by atoms with E-state index in [1.807, 2.05) is 13.8 Å². The molecule has 0 aliphatic heterocycles. The number of hydrogen-bond acceptors (Lipinski definition) is 8. The van der Waals surface area contributed by atoms with E-state index < -0.39 is 5.97 Å². The summed E-state index contributed by atoms with van der Waals surface area (Å²) in [7, 11) is 1.28. The van der Waals surface area contributed by atoms with Gasteiger partial charge in [-0.25, -0.2) is 4.79 Å². The summed E-state index contributed by atoms with van der Waals surface area (Å²) in [6.45, 7) is 6.99. The Kier molecular flexibility index (Phi) is 11.7. The number of ketones is 2. The molecule has 2 aromatic rings. The predicted octanol–water partition coefficient (Wildman–Crippen LogP) is 5.76. The maximum Gasteiger partial charge on any atom is 0.343 e. The van der Waals surface area contributed by atoms with Crippen LogP contribution >= 0.6 is 11.6 Å². The fourth-order valence-corrected chi connectivity index (χ4v) is 4.14. The number of phenols is 1. The number of rotatable bonds is 15. The van der Waals surface area contributed by atoms with Gasteiger partial charge in [-0.15, -0.1) is 0 Å². The van der Waals surface area contributed by atoms with Gasteiger partial charge in [0.05, 0.1) is 36.5 Å². The summed E-state index contributed by atoms with van der Waals surface area (Å²) in [4.78, 5) is 35.7. The lowest BCUT2D eigenvalue weighted by Crippen LogP contribution is -2.15. The standard InChI is InChI=1S/C28H35ClO8/c1-6-9-20-24(37-16-25(32)34-5)12-11-19(17(3)30)27(20)35-13-8-14-36-28-21(10-7-2)26(33)22(18(4)31)15-23(28)29/h11-12,15,33H,6-10,13-14,16H2,1-5H3. The monoisotopic (exact) mass is 534 g/mol. The minimum absolute atomic E-state index is 0.107. The number of aromatic hydroxyl groups is 1. The third-order valence-electron chi connectivity index (χ3n) is 5.63. The topological polar surface area (TPSA) is 108 Å². The molecule has 0 amide bonds. The summed E-state index contributed by atoms with van der Waals surface area (Å²) in [5.41, 5.74) is 1.80. The van der Waals surface area contributed by atoms with Gasteiger partial charge in [-0.3, -0.25) is 9.59 Å². The Morgan fingerprint density at radius 1 is 0.865 bits per heavy atom. The maximum atomic E-state index is 12.3. The normalized spacial score (nSPS) is 10.6. The molecule has 0 aliphatic rings. The van der Waals surface area contributed by atoms with Crippen LogP contribution in [-0.2, 0) is 22.4 Å². The summed E-state index contributed by atoms with van der Waals surface area (Å²) in [5.74, 6) is 0.176. The van der Waals surface area contributed by atoms with E-state index in [1.54, 1.807) is 12.1 Å². The highest BCUT2D eigenvalue weighted by molar-refractivity contribution is 6.32. The number of phenolic OH excluding ortho intramolecular Hbond substituents is 1. The summed E-state index contributed by atoms with van der Waals surface area (Å²) >= 11 is 6.38. The summed E-state index contributed by atoms with van der Waals surface area (Å²) in [5, 5.41) is 10.8. The van der Waals surface area contributed by atoms with Crippen molar-refractivity contribution in [1.29, 1.82) is 0 Å². The van der Waals surface area contributed by atoms with Crippen molar-refractivity contribution < 1.29 is 38.4 Å². The van der Waals surface area contributed by atoms with Crippen molar-refractivity contribution in [3.8, 4) is 23.0 Å². The van der Waals surface area contributed by atoms with Crippen LogP contribution in [0.3, 0.4) is 0 Å². The van der Waals surface area contributed by atoms with Crippen molar-refractivity contribution in [2.45, 2.75) is 59.8 Å². The van der Waals surface area contributed by atoms with Gasteiger partial charge in [0.2, 0.25) is 0 Å². The number of methoxy groups -OCH3 is 1. The van der Waals surface area contributed by atoms with Gasteiger partial charge in [0.25, 0.3) is 0 Å². The highest BCUT2D eigenvalue weighted by atomic mass is 35.5. The number of ether oxygens (including phenoxy) is 4. The van der Waals surface area contributed by atoms with Crippen molar-refractivity contribution in [2.75, 3.05) is 26.9 Å². The first kappa shape index (κ1) is 30.0. The minimum atomic E-state index is -0.513. The number of benzene rings is 2. The van der Waals surface area contributed by atoms with Crippen molar-refractivity contribution in [3.63, 3.8) is 0 Å². The molecule has 8 nitrogen and oxygen atoms in total. The van der Waals surface area contributed by atoms with E-state index in [4.69, 9.17) is 25.8 Å². The fourth-order valence-electron chi connectivity index (χ4n) is 3.86. The van der Waals surface area contributed by atoms with Crippen LogP contribution in [0, 0.1) is 0 Å². The molecule has 2 rings (SSSR count). The van der Waals surface area contributed by atoms with E-state index in [0.29, 0.717) is 53.2 Å².